The number of aromatic nitrogens is 1. The molecule has 0 aromatic carbocycles. The first-order chi connectivity index (χ1) is 10.3. The minimum absolute atomic E-state index is 0. The van der Waals surface area contributed by atoms with Crippen molar-refractivity contribution >= 4 is 22.4 Å². The molecular weight excluding hydrogens is 359 g/mol. The van der Waals surface area contributed by atoms with Gasteiger partial charge in [0.1, 0.15) is 4.90 Å². The predicted molar refractivity (Wildman–Crippen MR) is 79.3 cm³/mol. The van der Waals surface area contributed by atoms with Gasteiger partial charge in [0.25, 0.3) is 0 Å². The maximum absolute atomic E-state index is 12.4. The molecule has 23 heavy (non-hydrogen) atoms. The van der Waals surface area contributed by atoms with Gasteiger partial charge in [-0.25, -0.2) is 13.4 Å². The second kappa shape index (κ2) is 8.13. The summed E-state index contributed by atoms with van der Waals surface area (Å²) in [6.45, 7) is 0.564. The van der Waals surface area contributed by atoms with E-state index >= 15 is 0 Å². The van der Waals surface area contributed by atoms with Crippen LogP contribution in [0.2, 0.25) is 0 Å². The second-order valence-electron chi connectivity index (χ2n) is 4.74. The molecule has 0 amide bonds. The Morgan fingerprint density at radius 3 is 2.61 bits per heavy atom. The lowest BCUT2D eigenvalue weighted by Crippen LogP contribution is -2.34. The third-order valence-electron chi connectivity index (χ3n) is 3.03. The highest BCUT2D eigenvalue weighted by Crippen LogP contribution is 2.20. The normalized spacial score (nSPS) is 17.2. The van der Waals surface area contributed by atoms with E-state index in [1.165, 1.54) is 10.4 Å². The molecule has 1 aliphatic rings. The van der Waals surface area contributed by atoms with Crippen LogP contribution in [0.25, 0.3) is 0 Å². The molecule has 0 radical (unpaired) electrons. The fraction of sp³-hybridized carbons (Fsp3) is 0.583. The topological polar surface area (TPSA) is 71.5 Å². The van der Waals surface area contributed by atoms with Crippen molar-refractivity contribution in [3.8, 4) is 5.88 Å². The molecular formula is C12H17ClF3N3O3S. The zero-order valence-corrected chi connectivity index (χ0v) is 13.7. The molecule has 1 saturated heterocycles. The number of rotatable bonds is 4. The van der Waals surface area contributed by atoms with Crippen molar-refractivity contribution in [2.75, 3.05) is 32.8 Å². The van der Waals surface area contributed by atoms with Gasteiger partial charge in [-0.15, -0.1) is 12.4 Å². The van der Waals surface area contributed by atoms with E-state index in [2.05, 4.69) is 15.0 Å². The van der Waals surface area contributed by atoms with Gasteiger partial charge >= 0.3 is 6.18 Å². The number of hydrogen-bond acceptors (Lipinski definition) is 5. The summed E-state index contributed by atoms with van der Waals surface area (Å²) in [6, 6.07) is 2.32. The number of pyridine rings is 1. The van der Waals surface area contributed by atoms with Crippen LogP contribution in [0.3, 0.4) is 0 Å². The summed E-state index contributed by atoms with van der Waals surface area (Å²) in [6.07, 6.45) is -2.76. The summed E-state index contributed by atoms with van der Waals surface area (Å²) >= 11 is 0. The molecule has 0 bridgehead atoms. The van der Waals surface area contributed by atoms with Crippen LogP contribution in [0, 0.1) is 0 Å². The summed E-state index contributed by atoms with van der Waals surface area (Å²) in [7, 11) is -3.69. The lowest BCUT2D eigenvalue weighted by atomic mass is 10.4. The van der Waals surface area contributed by atoms with Crippen LogP contribution in [-0.2, 0) is 10.0 Å². The molecule has 0 saturated carbocycles. The zero-order chi connectivity index (χ0) is 16.2. The number of ether oxygens (including phenoxy) is 1. The van der Waals surface area contributed by atoms with E-state index in [1.54, 1.807) is 0 Å². The van der Waals surface area contributed by atoms with Crippen LogP contribution < -0.4 is 10.1 Å². The van der Waals surface area contributed by atoms with Gasteiger partial charge in [0, 0.05) is 25.7 Å². The first-order valence-electron chi connectivity index (χ1n) is 6.65. The Morgan fingerprint density at radius 1 is 1.26 bits per heavy atom. The van der Waals surface area contributed by atoms with Gasteiger partial charge in [0.15, 0.2) is 6.61 Å². The fourth-order valence-corrected chi connectivity index (χ4v) is 3.40. The molecule has 2 rings (SSSR count). The van der Waals surface area contributed by atoms with Crippen molar-refractivity contribution in [3.63, 3.8) is 0 Å². The van der Waals surface area contributed by atoms with E-state index in [-0.39, 0.29) is 23.2 Å². The standard InChI is InChI=1S/C12H16F3N3O3S.ClH/c13-12(14,15)9-21-11-3-2-10(8-17-11)22(19,20)18-6-1-4-16-5-7-18;/h2-3,8,16H,1,4-7,9H2;1H. The van der Waals surface area contributed by atoms with E-state index in [9.17, 15) is 21.6 Å². The van der Waals surface area contributed by atoms with Gasteiger partial charge in [-0.1, -0.05) is 0 Å². The van der Waals surface area contributed by atoms with E-state index in [0.717, 1.165) is 18.8 Å². The molecule has 1 N–H and O–H groups in total. The first kappa shape index (κ1) is 19.9. The van der Waals surface area contributed by atoms with E-state index < -0.39 is 22.8 Å². The summed E-state index contributed by atoms with van der Waals surface area (Å²) in [5, 5.41) is 3.09. The minimum atomic E-state index is -4.47. The molecule has 1 aromatic rings. The molecule has 0 unspecified atom stereocenters. The number of nitrogens with one attached hydrogen (secondary N) is 1. The van der Waals surface area contributed by atoms with Crippen molar-refractivity contribution in [1.82, 2.24) is 14.6 Å². The number of sulfonamides is 1. The summed E-state index contributed by atoms with van der Waals surface area (Å²) in [5.41, 5.74) is 0. The van der Waals surface area contributed by atoms with E-state index in [4.69, 9.17) is 0 Å². The number of hydrogen-bond donors (Lipinski definition) is 1. The molecule has 11 heteroatoms. The van der Waals surface area contributed by atoms with Crippen molar-refractivity contribution in [2.45, 2.75) is 17.5 Å². The van der Waals surface area contributed by atoms with Gasteiger partial charge in [-0.2, -0.15) is 17.5 Å². The van der Waals surface area contributed by atoms with Crippen LogP contribution in [0.5, 0.6) is 5.88 Å². The van der Waals surface area contributed by atoms with Gasteiger partial charge in [0.05, 0.1) is 6.20 Å². The monoisotopic (exact) mass is 375 g/mol. The third-order valence-corrected chi connectivity index (χ3v) is 4.91. The summed E-state index contributed by atoms with van der Waals surface area (Å²) in [4.78, 5) is 3.56. The molecule has 1 aromatic heterocycles. The van der Waals surface area contributed by atoms with E-state index in [0.29, 0.717) is 26.1 Å². The van der Waals surface area contributed by atoms with E-state index in [1.807, 2.05) is 0 Å². The second-order valence-corrected chi connectivity index (χ2v) is 6.68. The highest BCUT2D eigenvalue weighted by Gasteiger charge is 2.29. The average Bonchev–Trinajstić information content (AvgIpc) is 2.74. The van der Waals surface area contributed by atoms with Crippen molar-refractivity contribution in [3.05, 3.63) is 18.3 Å². The quantitative estimate of drug-likeness (QED) is 0.862. The Hall–Kier alpha value is -1.10. The van der Waals surface area contributed by atoms with Gasteiger partial charge in [-0.05, 0) is 19.0 Å². The molecule has 2 heterocycles. The molecule has 1 aliphatic heterocycles. The van der Waals surface area contributed by atoms with Gasteiger partial charge in [-0.3, -0.25) is 0 Å². The summed E-state index contributed by atoms with van der Waals surface area (Å²) in [5.74, 6) is -0.270. The van der Waals surface area contributed by atoms with Crippen molar-refractivity contribution < 1.29 is 26.3 Å². The Morgan fingerprint density at radius 2 is 2.00 bits per heavy atom. The zero-order valence-electron chi connectivity index (χ0n) is 12.0. The molecule has 0 atom stereocenters. The van der Waals surface area contributed by atoms with Gasteiger partial charge in [0.2, 0.25) is 15.9 Å². The van der Waals surface area contributed by atoms with Gasteiger partial charge < -0.3 is 10.1 Å². The number of nitrogens with zero attached hydrogens (tertiary/aromatic N) is 2. The molecule has 0 spiro atoms. The first-order valence-corrected chi connectivity index (χ1v) is 8.09. The summed E-state index contributed by atoms with van der Waals surface area (Å²) < 4.78 is 66.7. The van der Waals surface area contributed by atoms with Crippen LogP contribution in [0.15, 0.2) is 23.2 Å². The van der Waals surface area contributed by atoms with Crippen LogP contribution in [0.1, 0.15) is 6.42 Å². The molecule has 1 fully saturated rings. The maximum Gasteiger partial charge on any atom is 0.422 e. The molecule has 0 aliphatic carbocycles. The van der Waals surface area contributed by atoms with Crippen LogP contribution >= 0.6 is 12.4 Å². The van der Waals surface area contributed by atoms with Crippen LogP contribution in [-0.4, -0.2) is 56.7 Å². The smallest absolute Gasteiger partial charge is 0.422 e. The minimum Gasteiger partial charge on any atom is -0.468 e. The highest BCUT2D eigenvalue weighted by molar-refractivity contribution is 7.89. The lowest BCUT2D eigenvalue weighted by molar-refractivity contribution is -0.154. The Labute approximate surface area is 138 Å². The SMILES string of the molecule is Cl.O=S(=O)(c1ccc(OCC(F)(F)F)nc1)N1CCCNCC1. The highest BCUT2D eigenvalue weighted by atomic mass is 35.5. The predicted octanol–water partition coefficient (Wildman–Crippen LogP) is 1.43. The van der Waals surface area contributed by atoms with Crippen molar-refractivity contribution in [1.29, 1.82) is 0 Å². The van der Waals surface area contributed by atoms with Crippen LogP contribution in [0.4, 0.5) is 13.2 Å². The lowest BCUT2D eigenvalue weighted by Gasteiger charge is -2.19. The number of halogens is 4. The Kier molecular flexibility index (Phi) is 7.05. The maximum atomic E-state index is 12.4. The fourth-order valence-electron chi connectivity index (χ4n) is 1.97. The number of alkyl halides is 3. The van der Waals surface area contributed by atoms with Crippen molar-refractivity contribution in [2.24, 2.45) is 0 Å². The Bertz CT molecular complexity index is 588. The average molecular weight is 376 g/mol. The molecule has 132 valence electrons. The molecule has 6 nitrogen and oxygen atoms in total. The largest absolute Gasteiger partial charge is 0.468 e. The Balaban J connectivity index is 0.00000264. The third kappa shape index (κ3) is 5.79.